The van der Waals surface area contributed by atoms with Crippen LogP contribution in [0.5, 0.6) is 0 Å². The zero-order chi connectivity index (χ0) is 17.2. The highest BCUT2D eigenvalue weighted by Gasteiger charge is 2.12. The molecule has 0 bridgehead atoms. The predicted octanol–water partition coefficient (Wildman–Crippen LogP) is 5.48. The van der Waals surface area contributed by atoms with Crippen molar-refractivity contribution in [2.75, 3.05) is 0 Å². The van der Waals surface area contributed by atoms with Gasteiger partial charge in [-0.1, -0.05) is 66.7 Å². The van der Waals surface area contributed by atoms with Crippen molar-refractivity contribution < 1.29 is 4.79 Å². The zero-order valence-corrected chi connectivity index (χ0v) is 14.1. The number of nitrogens with one attached hydrogen (secondary N) is 1. The van der Waals surface area contributed by atoms with Gasteiger partial charge in [0, 0.05) is 5.56 Å². The smallest absolute Gasteiger partial charge is 0.251 e. The maximum absolute atomic E-state index is 12.6. The van der Waals surface area contributed by atoms with E-state index in [2.05, 4.69) is 41.7 Å². The van der Waals surface area contributed by atoms with E-state index in [0.29, 0.717) is 5.56 Å². The standard InChI is InChI=1S/C23H19NO/c1-16(19-12-10-17-6-2-4-8-20(17)14-19)24-23(25)22-13-11-18-7-3-5-9-21(18)15-22/h2-16H,1H3,(H,24,25). The van der Waals surface area contributed by atoms with E-state index in [1.54, 1.807) is 0 Å². The van der Waals surface area contributed by atoms with Gasteiger partial charge in [-0.15, -0.1) is 0 Å². The van der Waals surface area contributed by atoms with Crippen LogP contribution in [0.4, 0.5) is 0 Å². The molecule has 122 valence electrons. The van der Waals surface area contributed by atoms with Crippen molar-refractivity contribution in [3.8, 4) is 0 Å². The van der Waals surface area contributed by atoms with Gasteiger partial charge in [-0.25, -0.2) is 0 Å². The third-order valence-corrected chi connectivity index (χ3v) is 4.63. The Morgan fingerprint density at radius 2 is 1.28 bits per heavy atom. The van der Waals surface area contributed by atoms with Crippen molar-refractivity contribution in [2.45, 2.75) is 13.0 Å². The minimum atomic E-state index is -0.0522. The van der Waals surface area contributed by atoms with E-state index in [9.17, 15) is 4.79 Å². The molecule has 0 spiro atoms. The van der Waals surface area contributed by atoms with Crippen LogP contribution in [-0.4, -0.2) is 5.91 Å². The van der Waals surface area contributed by atoms with Gasteiger partial charge in [0.25, 0.3) is 5.91 Å². The minimum Gasteiger partial charge on any atom is -0.346 e. The second-order valence-corrected chi connectivity index (χ2v) is 6.36. The van der Waals surface area contributed by atoms with Gasteiger partial charge >= 0.3 is 0 Å². The summed E-state index contributed by atoms with van der Waals surface area (Å²) in [6, 6.07) is 28.4. The average molecular weight is 325 g/mol. The predicted molar refractivity (Wildman–Crippen MR) is 104 cm³/mol. The number of hydrogen-bond donors (Lipinski definition) is 1. The van der Waals surface area contributed by atoms with Gasteiger partial charge < -0.3 is 5.32 Å². The van der Waals surface area contributed by atoms with Crippen molar-refractivity contribution in [1.82, 2.24) is 5.32 Å². The van der Waals surface area contributed by atoms with Gasteiger partial charge in [0.1, 0.15) is 0 Å². The molecule has 0 saturated carbocycles. The van der Waals surface area contributed by atoms with Crippen molar-refractivity contribution in [3.63, 3.8) is 0 Å². The summed E-state index contributed by atoms with van der Waals surface area (Å²) in [5.74, 6) is -0.0496. The summed E-state index contributed by atoms with van der Waals surface area (Å²) >= 11 is 0. The third kappa shape index (κ3) is 3.11. The molecular weight excluding hydrogens is 306 g/mol. The number of carbonyl (C=O) groups is 1. The molecule has 0 aliphatic heterocycles. The SMILES string of the molecule is CC(NC(=O)c1ccc2ccccc2c1)c1ccc2ccccc2c1. The third-order valence-electron chi connectivity index (χ3n) is 4.63. The van der Waals surface area contributed by atoms with Crippen LogP contribution in [-0.2, 0) is 0 Å². The zero-order valence-electron chi connectivity index (χ0n) is 14.1. The molecule has 1 atom stereocenters. The summed E-state index contributed by atoms with van der Waals surface area (Å²) in [4.78, 5) is 12.6. The lowest BCUT2D eigenvalue weighted by atomic mass is 10.0. The maximum atomic E-state index is 12.6. The van der Waals surface area contributed by atoms with Crippen LogP contribution in [0.2, 0.25) is 0 Å². The minimum absolute atomic E-state index is 0.0496. The Labute approximate surface area is 147 Å². The number of hydrogen-bond acceptors (Lipinski definition) is 1. The molecule has 0 radical (unpaired) electrons. The lowest BCUT2D eigenvalue weighted by Crippen LogP contribution is -2.26. The van der Waals surface area contributed by atoms with E-state index in [0.717, 1.165) is 16.3 Å². The number of amides is 1. The number of fused-ring (bicyclic) bond motifs is 2. The highest BCUT2D eigenvalue weighted by atomic mass is 16.1. The maximum Gasteiger partial charge on any atom is 0.251 e. The first-order valence-electron chi connectivity index (χ1n) is 8.49. The lowest BCUT2D eigenvalue weighted by Gasteiger charge is -2.15. The van der Waals surface area contributed by atoms with E-state index < -0.39 is 0 Å². The highest BCUT2D eigenvalue weighted by Crippen LogP contribution is 2.21. The molecule has 4 aromatic rings. The Bertz CT molecular complexity index is 1070. The first kappa shape index (κ1) is 15.4. The summed E-state index contributed by atoms with van der Waals surface area (Å²) in [6.07, 6.45) is 0. The monoisotopic (exact) mass is 325 g/mol. The molecule has 4 aromatic carbocycles. The summed E-state index contributed by atoms with van der Waals surface area (Å²) in [5.41, 5.74) is 1.79. The van der Waals surface area contributed by atoms with Gasteiger partial charge in [0.05, 0.1) is 6.04 Å². The van der Waals surface area contributed by atoms with Gasteiger partial charge in [-0.2, -0.15) is 0 Å². The fraction of sp³-hybridized carbons (Fsp3) is 0.0870. The molecular formula is C23H19NO. The Balaban J connectivity index is 1.57. The van der Waals surface area contributed by atoms with Crippen LogP contribution in [0.25, 0.3) is 21.5 Å². The van der Waals surface area contributed by atoms with Crippen molar-refractivity contribution in [2.24, 2.45) is 0 Å². The first-order chi connectivity index (χ1) is 12.2. The van der Waals surface area contributed by atoms with Crippen LogP contribution in [0, 0.1) is 0 Å². The normalized spacial score (nSPS) is 12.2. The summed E-state index contributed by atoms with van der Waals surface area (Å²) in [7, 11) is 0. The molecule has 4 rings (SSSR count). The quantitative estimate of drug-likeness (QED) is 0.530. The second kappa shape index (κ2) is 6.40. The Morgan fingerprint density at radius 1 is 0.720 bits per heavy atom. The number of carbonyl (C=O) groups excluding carboxylic acids is 1. The summed E-state index contributed by atoms with van der Waals surface area (Å²) in [6.45, 7) is 2.02. The molecule has 1 N–H and O–H groups in total. The van der Waals surface area contributed by atoms with Crippen LogP contribution in [0.3, 0.4) is 0 Å². The lowest BCUT2D eigenvalue weighted by molar-refractivity contribution is 0.0940. The molecule has 0 aliphatic carbocycles. The Morgan fingerprint density at radius 3 is 1.96 bits per heavy atom. The van der Waals surface area contributed by atoms with Gasteiger partial charge in [-0.05, 0) is 52.2 Å². The van der Waals surface area contributed by atoms with Crippen LogP contribution in [0.1, 0.15) is 28.9 Å². The first-order valence-corrected chi connectivity index (χ1v) is 8.49. The molecule has 25 heavy (non-hydrogen) atoms. The largest absolute Gasteiger partial charge is 0.346 e. The summed E-state index contributed by atoms with van der Waals surface area (Å²) < 4.78 is 0. The molecule has 0 heterocycles. The second-order valence-electron chi connectivity index (χ2n) is 6.36. The van der Waals surface area contributed by atoms with Crippen LogP contribution < -0.4 is 5.32 Å². The van der Waals surface area contributed by atoms with Crippen molar-refractivity contribution >= 4 is 27.5 Å². The van der Waals surface area contributed by atoms with Crippen LogP contribution >= 0.6 is 0 Å². The molecule has 0 fully saturated rings. The van der Waals surface area contributed by atoms with Crippen molar-refractivity contribution in [1.29, 1.82) is 0 Å². The van der Waals surface area contributed by atoms with Gasteiger partial charge in [-0.3, -0.25) is 4.79 Å². The Hall–Kier alpha value is -3.13. The van der Waals surface area contributed by atoms with E-state index in [4.69, 9.17) is 0 Å². The van der Waals surface area contributed by atoms with E-state index in [1.165, 1.54) is 10.8 Å². The van der Waals surface area contributed by atoms with Crippen molar-refractivity contribution in [3.05, 3.63) is 96.1 Å². The molecule has 1 amide bonds. The topological polar surface area (TPSA) is 29.1 Å². The van der Waals surface area contributed by atoms with Crippen LogP contribution in [0.15, 0.2) is 84.9 Å². The highest BCUT2D eigenvalue weighted by molar-refractivity contribution is 5.98. The number of benzene rings is 4. The van der Waals surface area contributed by atoms with E-state index in [1.807, 2.05) is 55.5 Å². The number of rotatable bonds is 3. The van der Waals surface area contributed by atoms with E-state index >= 15 is 0 Å². The fourth-order valence-electron chi connectivity index (χ4n) is 3.17. The van der Waals surface area contributed by atoms with Gasteiger partial charge in [0.15, 0.2) is 0 Å². The molecule has 0 aromatic heterocycles. The Kier molecular flexibility index (Phi) is 3.95. The molecule has 0 aliphatic rings. The van der Waals surface area contributed by atoms with Gasteiger partial charge in [0.2, 0.25) is 0 Å². The molecule has 2 heteroatoms. The fourth-order valence-corrected chi connectivity index (χ4v) is 3.17. The summed E-state index contributed by atoms with van der Waals surface area (Å²) in [5, 5.41) is 7.72. The average Bonchev–Trinajstić information content (AvgIpc) is 2.67. The molecule has 1 unspecified atom stereocenters. The molecule has 0 saturated heterocycles. The van der Waals surface area contributed by atoms with E-state index in [-0.39, 0.29) is 11.9 Å². The molecule has 2 nitrogen and oxygen atoms in total.